The zero-order valence-corrected chi connectivity index (χ0v) is 15.0. The highest BCUT2D eigenvalue weighted by atomic mass is 16.2. The summed E-state index contributed by atoms with van der Waals surface area (Å²) in [5.41, 5.74) is 6.83. The molecule has 0 spiro atoms. The number of aromatic amines is 1. The Balaban J connectivity index is 1.77. The monoisotopic (exact) mass is 334 g/mol. The SMILES string of the molecule is Cc1ccc(-c2ccc(C(=O)N(C)Cc3cn[nH]c3C)cc2)c(C)n1. The number of benzene rings is 1. The predicted molar refractivity (Wildman–Crippen MR) is 98.3 cm³/mol. The van der Waals surface area contributed by atoms with Gasteiger partial charge in [0.1, 0.15) is 0 Å². The average molecular weight is 334 g/mol. The van der Waals surface area contributed by atoms with Gasteiger partial charge in [-0.1, -0.05) is 18.2 Å². The van der Waals surface area contributed by atoms with Gasteiger partial charge in [0.25, 0.3) is 5.91 Å². The van der Waals surface area contributed by atoms with Crippen molar-refractivity contribution in [2.75, 3.05) is 7.05 Å². The molecule has 2 aromatic heterocycles. The first kappa shape index (κ1) is 16.9. The molecule has 3 aromatic rings. The van der Waals surface area contributed by atoms with Crippen LogP contribution in [0.5, 0.6) is 0 Å². The summed E-state index contributed by atoms with van der Waals surface area (Å²) in [6.45, 7) is 6.47. The van der Waals surface area contributed by atoms with Crippen LogP contribution in [0.15, 0.2) is 42.6 Å². The minimum absolute atomic E-state index is 0.00842. The summed E-state index contributed by atoms with van der Waals surface area (Å²) in [5.74, 6) is -0.00842. The number of carbonyl (C=O) groups is 1. The minimum atomic E-state index is -0.00842. The molecule has 0 radical (unpaired) electrons. The molecule has 0 aliphatic heterocycles. The molecule has 25 heavy (non-hydrogen) atoms. The van der Waals surface area contributed by atoms with Gasteiger partial charge in [-0.3, -0.25) is 14.9 Å². The number of hydrogen-bond acceptors (Lipinski definition) is 3. The molecule has 2 heterocycles. The van der Waals surface area contributed by atoms with Gasteiger partial charge >= 0.3 is 0 Å². The van der Waals surface area contributed by atoms with Gasteiger partial charge in [0.15, 0.2) is 0 Å². The maximum atomic E-state index is 12.6. The van der Waals surface area contributed by atoms with E-state index in [1.807, 2.05) is 51.1 Å². The number of hydrogen-bond donors (Lipinski definition) is 1. The highest BCUT2D eigenvalue weighted by molar-refractivity contribution is 5.94. The fourth-order valence-electron chi connectivity index (χ4n) is 2.87. The summed E-state index contributed by atoms with van der Waals surface area (Å²) < 4.78 is 0. The number of amides is 1. The van der Waals surface area contributed by atoms with Crippen molar-refractivity contribution in [2.45, 2.75) is 27.3 Å². The van der Waals surface area contributed by atoms with E-state index in [1.54, 1.807) is 18.1 Å². The molecule has 3 rings (SSSR count). The molecule has 0 atom stereocenters. The van der Waals surface area contributed by atoms with Crippen molar-refractivity contribution in [3.05, 3.63) is 70.8 Å². The van der Waals surface area contributed by atoms with E-state index < -0.39 is 0 Å². The van der Waals surface area contributed by atoms with Crippen LogP contribution in [0.4, 0.5) is 0 Å². The van der Waals surface area contributed by atoms with Crippen LogP contribution in [0.2, 0.25) is 0 Å². The molecule has 0 fully saturated rings. The topological polar surface area (TPSA) is 61.9 Å². The number of nitrogens with zero attached hydrogens (tertiary/aromatic N) is 3. The summed E-state index contributed by atoms with van der Waals surface area (Å²) >= 11 is 0. The molecule has 128 valence electrons. The Morgan fingerprint density at radius 2 is 1.80 bits per heavy atom. The third-order valence-corrected chi connectivity index (χ3v) is 4.36. The van der Waals surface area contributed by atoms with Gasteiger partial charge in [-0.25, -0.2) is 0 Å². The van der Waals surface area contributed by atoms with E-state index in [0.717, 1.165) is 33.8 Å². The summed E-state index contributed by atoms with van der Waals surface area (Å²) in [5, 5.41) is 6.89. The number of nitrogens with one attached hydrogen (secondary N) is 1. The van der Waals surface area contributed by atoms with Gasteiger partial charge in [-0.2, -0.15) is 5.10 Å². The summed E-state index contributed by atoms with van der Waals surface area (Å²) in [4.78, 5) is 18.8. The Kier molecular flexibility index (Phi) is 4.65. The number of aromatic nitrogens is 3. The molecule has 1 amide bonds. The first-order valence-electron chi connectivity index (χ1n) is 8.24. The number of carbonyl (C=O) groups excluding carboxylic acids is 1. The molecule has 0 unspecified atom stereocenters. The van der Waals surface area contributed by atoms with E-state index in [9.17, 15) is 4.79 Å². The average Bonchev–Trinajstić information content (AvgIpc) is 2.99. The lowest BCUT2D eigenvalue weighted by Gasteiger charge is -2.17. The van der Waals surface area contributed by atoms with Crippen LogP contribution < -0.4 is 0 Å². The van der Waals surface area contributed by atoms with Gasteiger partial charge < -0.3 is 4.90 Å². The number of pyridine rings is 1. The second-order valence-electron chi connectivity index (χ2n) is 6.34. The maximum absolute atomic E-state index is 12.6. The molecule has 0 saturated heterocycles. The second kappa shape index (κ2) is 6.89. The van der Waals surface area contributed by atoms with Crippen LogP contribution in [-0.4, -0.2) is 33.0 Å². The highest BCUT2D eigenvalue weighted by Gasteiger charge is 2.14. The summed E-state index contributed by atoms with van der Waals surface area (Å²) in [6.07, 6.45) is 1.76. The zero-order valence-electron chi connectivity index (χ0n) is 15.0. The molecule has 0 saturated carbocycles. The lowest BCUT2D eigenvalue weighted by molar-refractivity contribution is 0.0785. The normalized spacial score (nSPS) is 10.7. The minimum Gasteiger partial charge on any atom is -0.337 e. The van der Waals surface area contributed by atoms with Crippen molar-refractivity contribution >= 4 is 5.91 Å². The van der Waals surface area contributed by atoms with Crippen LogP contribution >= 0.6 is 0 Å². The van der Waals surface area contributed by atoms with Crippen LogP contribution in [0.25, 0.3) is 11.1 Å². The van der Waals surface area contributed by atoms with Gasteiger partial charge in [0.2, 0.25) is 0 Å². The van der Waals surface area contributed by atoms with E-state index in [0.29, 0.717) is 12.1 Å². The van der Waals surface area contributed by atoms with Crippen molar-refractivity contribution in [1.29, 1.82) is 0 Å². The molecular weight excluding hydrogens is 312 g/mol. The van der Waals surface area contributed by atoms with Gasteiger partial charge in [0.05, 0.1) is 6.20 Å². The van der Waals surface area contributed by atoms with Crippen LogP contribution in [0.3, 0.4) is 0 Å². The summed E-state index contributed by atoms with van der Waals surface area (Å²) in [6, 6.07) is 11.8. The summed E-state index contributed by atoms with van der Waals surface area (Å²) in [7, 11) is 1.80. The molecule has 0 bridgehead atoms. The molecule has 1 aromatic carbocycles. The van der Waals surface area contributed by atoms with Crippen molar-refractivity contribution in [2.24, 2.45) is 0 Å². The third-order valence-electron chi connectivity index (χ3n) is 4.36. The predicted octanol–water partition coefficient (Wildman–Crippen LogP) is 3.67. The van der Waals surface area contributed by atoms with Crippen molar-refractivity contribution < 1.29 is 4.79 Å². The van der Waals surface area contributed by atoms with Gasteiger partial charge in [0, 0.05) is 47.4 Å². The molecule has 0 aliphatic carbocycles. The van der Waals surface area contributed by atoms with E-state index in [4.69, 9.17) is 0 Å². The fraction of sp³-hybridized carbons (Fsp3) is 0.250. The third kappa shape index (κ3) is 3.60. The fourth-order valence-corrected chi connectivity index (χ4v) is 2.87. The van der Waals surface area contributed by atoms with Gasteiger partial charge in [-0.05, 0) is 44.5 Å². The lowest BCUT2D eigenvalue weighted by Crippen LogP contribution is -2.26. The maximum Gasteiger partial charge on any atom is 0.253 e. The highest BCUT2D eigenvalue weighted by Crippen LogP contribution is 2.23. The Bertz CT molecular complexity index is 896. The van der Waals surface area contributed by atoms with E-state index >= 15 is 0 Å². The largest absolute Gasteiger partial charge is 0.337 e. The zero-order chi connectivity index (χ0) is 18.0. The molecule has 5 nitrogen and oxygen atoms in total. The molecule has 5 heteroatoms. The number of rotatable bonds is 4. The molecular formula is C20H22N4O. The van der Waals surface area contributed by atoms with Crippen molar-refractivity contribution in [3.8, 4) is 11.1 Å². The Labute approximate surface area is 147 Å². The second-order valence-corrected chi connectivity index (χ2v) is 6.34. The van der Waals surface area contributed by atoms with E-state index in [2.05, 4.69) is 21.2 Å². The van der Waals surface area contributed by atoms with Gasteiger partial charge in [-0.15, -0.1) is 0 Å². The molecule has 1 N–H and O–H groups in total. The quantitative estimate of drug-likeness (QED) is 0.792. The smallest absolute Gasteiger partial charge is 0.253 e. The first-order valence-corrected chi connectivity index (χ1v) is 8.24. The number of aryl methyl sites for hydroxylation is 3. The lowest BCUT2D eigenvalue weighted by atomic mass is 10.0. The standard InChI is InChI=1S/C20H22N4O/c1-13-5-10-19(15(3)22-13)16-6-8-17(9-7-16)20(25)24(4)12-18-11-21-23-14(18)2/h5-11H,12H2,1-4H3,(H,21,23). The van der Waals surface area contributed by atoms with Crippen LogP contribution in [0, 0.1) is 20.8 Å². The number of H-pyrrole nitrogens is 1. The van der Waals surface area contributed by atoms with Crippen LogP contribution in [0.1, 0.15) is 33.0 Å². The van der Waals surface area contributed by atoms with Crippen LogP contribution in [-0.2, 0) is 6.54 Å². The Morgan fingerprint density at radius 1 is 1.08 bits per heavy atom. The Morgan fingerprint density at radius 3 is 2.40 bits per heavy atom. The molecule has 0 aliphatic rings. The van der Waals surface area contributed by atoms with Crippen molar-refractivity contribution in [3.63, 3.8) is 0 Å². The van der Waals surface area contributed by atoms with Crippen molar-refractivity contribution in [1.82, 2.24) is 20.1 Å². The first-order chi connectivity index (χ1) is 12.0. The van der Waals surface area contributed by atoms with E-state index in [1.165, 1.54) is 0 Å². The van der Waals surface area contributed by atoms with E-state index in [-0.39, 0.29) is 5.91 Å². The Hall–Kier alpha value is -2.95.